The van der Waals surface area contributed by atoms with Crippen LogP contribution in [0.2, 0.25) is 0 Å². The van der Waals surface area contributed by atoms with E-state index in [4.69, 9.17) is 5.73 Å². The highest BCUT2D eigenvalue weighted by Gasteiger charge is 2.22. The molecule has 0 saturated heterocycles. The van der Waals surface area contributed by atoms with Gasteiger partial charge >= 0.3 is 0 Å². The Morgan fingerprint density at radius 1 is 1.53 bits per heavy atom. The van der Waals surface area contributed by atoms with Crippen molar-refractivity contribution in [3.63, 3.8) is 0 Å². The standard InChI is InChI=1S/C13H18N2O.ClH/c1-9(14)13(16)15-8-11-7-6-10-4-2-3-5-12(10)11;/h2-5,9,11H,6-8,14H2,1H3,(H,15,16);1H/t9-,11?;/m1./s1. The number of nitrogens with two attached hydrogens (primary N) is 1. The molecule has 1 unspecified atom stereocenters. The maximum absolute atomic E-state index is 11.4. The van der Waals surface area contributed by atoms with Gasteiger partial charge in [0, 0.05) is 12.5 Å². The summed E-state index contributed by atoms with van der Waals surface area (Å²) in [5.74, 6) is 0.392. The van der Waals surface area contributed by atoms with Gasteiger partial charge in [-0.15, -0.1) is 12.4 Å². The lowest BCUT2D eigenvalue weighted by Gasteiger charge is -2.14. The smallest absolute Gasteiger partial charge is 0.236 e. The van der Waals surface area contributed by atoms with Crippen molar-refractivity contribution in [3.8, 4) is 0 Å². The second-order valence-corrected chi connectivity index (χ2v) is 4.47. The molecule has 0 radical (unpaired) electrons. The first-order valence-corrected chi connectivity index (χ1v) is 5.79. The highest BCUT2D eigenvalue weighted by Crippen LogP contribution is 2.31. The van der Waals surface area contributed by atoms with E-state index in [1.54, 1.807) is 6.92 Å². The first kappa shape index (κ1) is 14.0. The van der Waals surface area contributed by atoms with Crippen LogP contribution in [0, 0.1) is 0 Å². The second kappa shape index (κ2) is 6.03. The van der Waals surface area contributed by atoms with E-state index in [1.165, 1.54) is 11.1 Å². The van der Waals surface area contributed by atoms with E-state index in [9.17, 15) is 4.79 Å². The molecule has 0 spiro atoms. The molecule has 0 fully saturated rings. The summed E-state index contributed by atoms with van der Waals surface area (Å²) in [5, 5.41) is 2.90. The van der Waals surface area contributed by atoms with Crippen molar-refractivity contribution in [2.45, 2.75) is 31.7 Å². The van der Waals surface area contributed by atoms with Gasteiger partial charge in [-0.05, 0) is 30.9 Å². The number of carbonyl (C=O) groups excluding carboxylic acids is 1. The Bertz CT molecular complexity index is 393. The zero-order valence-corrected chi connectivity index (χ0v) is 10.8. The Hall–Kier alpha value is -1.06. The van der Waals surface area contributed by atoms with E-state index >= 15 is 0 Å². The van der Waals surface area contributed by atoms with E-state index in [2.05, 4.69) is 29.6 Å². The number of amides is 1. The molecule has 0 saturated carbocycles. The Labute approximate surface area is 108 Å². The predicted molar refractivity (Wildman–Crippen MR) is 71.4 cm³/mol. The molecule has 1 aromatic carbocycles. The van der Waals surface area contributed by atoms with Crippen LogP contribution >= 0.6 is 12.4 Å². The van der Waals surface area contributed by atoms with Crippen LogP contribution in [0.15, 0.2) is 24.3 Å². The minimum atomic E-state index is -0.420. The van der Waals surface area contributed by atoms with Gasteiger partial charge in [-0.2, -0.15) is 0 Å². The SMILES string of the molecule is C[C@@H](N)C(=O)NCC1CCc2ccccc21.Cl. The minimum absolute atomic E-state index is 0. The molecule has 17 heavy (non-hydrogen) atoms. The van der Waals surface area contributed by atoms with Crippen molar-refractivity contribution in [2.24, 2.45) is 5.73 Å². The predicted octanol–water partition coefficient (Wildman–Crippen LogP) is 1.60. The molecule has 3 nitrogen and oxygen atoms in total. The van der Waals surface area contributed by atoms with Crippen LogP contribution in [0.3, 0.4) is 0 Å². The largest absolute Gasteiger partial charge is 0.354 e. The molecule has 2 atom stereocenters. The number of carbonyl (C=O) groups is 1. The maximum Gasteiger partial charge on any atom is 0.236 e. The molecular weight excluding hydrogens is 236 g/mol. The first-order valence-electron chi connectivity index (χ1n) is 5.79. The Morgan fingerprint density at radius 3 is 2.94 bits per heavy atom. The van der Waals surface area contributed by atoms with Crippen LogP contribution in [-0.2, 0) is 11.2 Å². The van der Waals surface area contributed by atoms with Crippen LogP contribution in [0.5, 0.6) is 0 Å². The Morgan fingerprint density at radius 2 is 2.24 bits per heavy atom. The molecule has 0 aliphatic heterocycles. The second-order valence-electron chi connectivity index (χ2n) is 4.47. The highest BCUT2D eigenvalue weighted by atomic mass is 35.5. The lowest BCUT2D eigenvalue weighted by Crippen LogP contribution is -2.39. The monoisotopic (exact) mass is 254 g/mol. The summed E-state index contributed by atoms with van der Waals surface area (Å²) in [7, 11) is 0. The molecule has 0 bridgehead atoms. The summed E-state index contributed by atoms with van der Waals surface area (Å²) in [6.07, 6.45) is 2.24. The van der Waals surface area contributed by atoms with Gasteiger partial charge in [0.15, 0.2) is 0 Å². The Kier molecular flexibility index (Phi) is 4.97. The molecular formula is C13H19ClN2O. The van der Waals surface area contributed by atoms with Crippen LogP contribution in [0.4, 0.5) is 0 Å². The number of hydrogen-bond acceptors (Lipinski definition) is 2. The van der Waals surface area contributed by atoms with Crippen LogP contribution in [0.1, 0.15) is 30.4 Å². The molecule has 0 aromatic heterocycles. The van der Waals surface area contributed by atoms with Gasteiger partial charge in [0.1, 0.15) is 0 Å². The third-order valence-electron chi connectivity index (χ3n) is 3.19. The number of rotatable bonds is 3. The van der Waals surface area contributed by atoms with Crippen molar-refractivity contribution in [1.82, 2.24) is 5.32 Å². The zero-order valence-electron chi connectivity index (χ0n) is 9.98. The summed E-state index contributed by atoms with van der Waals surface area (Å²) >= 11 is 0. The van der Waals surface area contributed by atoms with Crippen LogP contribution < -0.4 is 11.1 Å². The number of fused-ring (bicyclic) bond motifs is 1. The highest BCUT2D eigenvalue weighted by molar-refractivity contribution is 5.85. The summed E-state index contributed by atoms with van der Waals surface area (Å²) in [6, 6.07) is 8.04. The molecule has 94 valence electrons. The Balaban J connectivity index is 0.00000144. The van der Waals surface area contributed by atoms with Crippen molar-refractivity contribution < 1.29 is 4.79 Å². The van der Waals surface area contributed by atoms with Crippen molar-refractivity contribution >= 4 is 18.3 Å². The minimum Gasteiger partial charge on any atom is -0.354 e. The fourth-order valence-corrected chi connectivity index (χ4v) is 2.24. The molecule has 3 N–H and O–H groups in total. The summed E-state index contributed by atoms with van der Waals surface area (Å²) < 4.78 is 0. The normalized spacial score (nSPS) is 19.1. The molecule has 1 aromatic rings. The van der Waals surface area contributed by atoms with E-state index in [0.29, 0.717) is 12.5 Å². The molecule has 4 heteroatoms. The number of aryl methyl sites for hydroxylation is 1. The van der Waals surface area contributed by atoms with Gasteiger partial charge in [0.25, 0.3) is 0 Å². The zero-order chi connectivity index (χ0) is 11.5. The third-order valence-corrected chi connectivity index (χ3v) is 3.19. The molecule has 2 rings (SSSR count). The van der Waals surface area contributed by atoms with Gasteiger partial charge in [0.2, 0.25) is 5.91 Å². The molecule has 1 aliphatic rings. The van der Waals surface area contributed by atoms with Gasteiger partial charge in [-0.25, -0.2) is 0 Å². The third kappa shape index (κ3) is 3.20. The molecule has 0 heterocycles. The van der Waals surface area contributed by atoms with E-state index in [-0.39, 0.29) is 18.3 Å². The number of benzene rings is 1. The fourth-order valence-electron chi connectivity index (χ4n) is 2.24. The number of nitrogens with one attached hydrogen (secondary N) is 1. The molecule has 1 aliphatic carbocycles. The summed E-state index contributed by atoms with van der Waals surface area (Å²) in [5.41, 5.74) is 8.30. The van der Waals surface area contributed by atoms with Crippen LogP contribution in [0.25, 0.3) is 0 Å². The first-order chi connectivity index (χ1) is 7.68. The van der Waals surface area contributed by atoms with Gasteiger partial charge in [-0.3, -0.25) is 4.79 Å². The average Bonchev–Trinajstić information content (AvgIpc) is 2.69. The van der Waals surface area contributed by atoms with Gasteiger partial charge in [-0.1, -0.05) is 24.3 Å². The van der Waals surface area contributed by atoms with Crippen molar-refractivity contribution in [3.05, 3.63) is 35.4 Å². The quantitative estimate of drug-likeness (QED) is 0.861. The van der Waals surface area contributed by atoms with Gasteiger partial charge in [0.05, 0.1) is 6.04 Å². The molecule has 1 amide bonds. The van der Waals surface area contributed by atoms with Crippen LogP contribution in [-0.4, -0.2) is 18.5 Å². The van der Waals surface area contributed by atoms with E-state index in [1.807, 2.05) is 0 Å². The fraction of sp³-hybridized carbons (Fsp3) is 0.462. The van der Waals surface area contributed by atoms with E-state index in [0.717, 1.165) is 12.8 Å². The lowest BCUT2D eigenvalue weighted by molar-refractivity contribution is -0.122. The topological polar surface area (TPSA) is 55.1 Å². The number of hydrogen-bond donors (Lipinski definition) is 2. The van der Waals surface area contributed by atoms with Gasteiger partial charge < -0.3 is 11.1 Å². The number of halogens is 1. The average molecular weight is 255 g/mol. The van der Waals surface area contributed by atoms with Crippen molar-refractivity contribution in [2.75, 3.05) is 6.54 Å². The summed E-state index contributed by atoms with van der Waals surface area (Å²) in [4.78, 5) is 11.4. The maximum atomic E-state index is 11.4. The van der Waals surface area contributed by atoms with Crippen molar-refractivity contribution in [1.29, 1.82) is 0 Å². The van der Waals surface area contributed by atoms with E-state index < -0.39 is 6.04 Å². The lowest BCUT2D eigenvalue weighted by atomic mass is 10.0. The summed E-state index contributed by atoms with van der Waals surface area (Å²) in [6.45, 7) is 2.41.